The minimum absolute atomic E-state index is 0.0374. The number of carbonyl (C=O) groups is 3. The van der Waals surface area contributed by atoms with Crippen LogP contribution in [0.1, 0.15) is 52.8 Å². The fourth-order valence-corrected chi connectivity index (χ4v) is 4.16. The maximum Gasteiger partial charge on any atom is 0.261 e. The highest BCUT2D eigenvalue weighted by Gasteiger charge is 2.42. The number of hydrogen-bond donors (Lipinski definition) is 1. The van der Waals surface area contributed by atoms with Crippen molar-refractivity contribution in [3.63, 3.8) is 0 Å². The van der Waals surface area contributed by atoms with Crippen LogP contribution in [0.4, 0.5) is 0 Å². The third-order valence-corrected chi connectivity index (χ3v) is 6.11. The third kappa shape index (κ3) is 4.62. The van der Waals surface area contributed by atoms with Crippen molar-refractivity contribution in [3.8, 4) is 6.19 Å². The Morgan fingerprint density at radius 1 is 1.00 bits per heavy atom. The quantitative estimate of drug-likeness (QED) is 0.597. The van der Waals surface area contributed by atoms with Crippen molar-refractivity contribution in [3.05, 3.63) is 35.4 Å². The lowest BCUT2D eigenvalue weighted by molar-refractivity contribution is -0.135. The Labute approximate surface area is 177 Å². The molecule has 2 aliphatic rings. The topological polar surface area (TPSA) is 96.8 Å². The first-order chi connectivity index (χ1) is 14.4. The number of nitrogens with one attached hydrogen (secondary N) is 1. The average Bonchev–Trinajstić information content (AvgIpc) is 2.78. The minimum Gasteiger partial charge on any atom is -0.338 e. The first-order valence-corrected chi connectivity index (χ1v) is 10.4. The SMILES string of the molecule is CN1CCN(C(=O)c2ccc(C(=O)NC3(C(=O)N(C)C#N)CCCCC3)cc2)CC1. The van der Waals surface area contributed by atoms with Crippen LogP contribution >= 0.6 is 0 Å². The van der Waals surface area contributed by atoms with Crippen LogP contribution < -0.4 is 5.32 Å². The zero-order valence-electron chi connectivity index (χ0n) is 17.7. The summed E-state index contributed by atoms with van der Waals surface area (Å²) in [7, 11) is 3.46. The molecule has 3 rings (SSSR count). The Morgan fingerprint density at radius 3 is 2.13 bits per heavy atom. The van der Waals surface area contributed by atoms with Gasteiger partial charge in [0, 0.05) is 44.4 Å². The average molecular weight is 412 g/mol. The second-order valence-corrected chi connectivity index (χ2v) is 8.23. The lowest BCUT2D eigenvalue weighted by atomic mass is 9.80. The number of piperazine rings is 1. The van der Waals surface area contributed by atoms with E-state index in [1.165, 1.54) is 7.05 Å². The number of carbonyl (C=O) groups excluding carboxylic acids is 3. The smallest absolute Gasteiger partial charge is 0.261 e. The van der Waals surface area contributed by atoms with E-state index in [4.69, 9.17) is 5.26 Å². The van der Waals surface area contributed by atoms with Gasteiger partial charge in [-0.25, -0.2) is 0 Å². The number of rotatable bonds is 4. The molecule has 0 radical (unpaired) electrons. The number of nitriles is 1. The summed E-state index contributed by atoms with van der Waals surface area (Å²) in [6.45, 7) is 3.07. The van der Waals surface area contributed by atoms with Crippen molar-refractivity contribution < 1.29 is 14.4 Å². The van der Waals surface area contributed by atoms with Gasteiger partial charge < -0.3 is 15.1 Å². The van der Waals surface area contributed by atoms with Gasteiger partial charge in [-0.15, -0.1) is 0 Å². The molecule has 8 nitrogen and oxygen atoms in total. The molecular weight excluding hydrogens is 382 g/mol. The van der Waals surface area contributed by atoms with E-state index >= 15 is 0 Å². The van der Waals surface area contributed by atoms with Crippen LogP contribution in [-0.2, 0) is 4.79 Å². The first-order valence-electron chi connectivity index (χ1n) is 10.4. The van der Waals surface area contributed by atoms with E-state index in [9.17, 15) is 14.4 Å². The highest BCUT2D eigenvalue weighted by atomic mass is 16.2. The third-order valence-electron chi connectivity index (χ3n) is 6.11. The molecule has 1 aliphatic heterocycles. The Morgan fingerprint density at radius 2 is 1.57 bits per heavy atom. The van der Waals surface area contributed by atoms with Crippen LogP contribution in [0.25, 0.3) is 0 Å². The van der Waals surface area contributed by atoms with Gasteiger partial charge in [0.25, 0.3) is 17.7 Å². The molecule has 0 aromatic heterocycles. The summed E-state index contributed by atoms with van der Waals surface area (Å²) < 4.78 is 0. The monoisotopic (exact) mass is 411 g/mol. The second-order valence-electron chi connectivity index (χ2n) is 8.23. The molecule has 2 fully saturated rings. The minimum atomic E-state index is -1.05. The molecule has 160 valence electrons. The Balaban J connectivity index is 1.71. The number of benzene rings is 1. The lowest BCUT2D eigenvalue weighted by Gasteiger charge is -2.37. The van der Waals surface area contributed by atoms with Crippen LogP contribution in [0.15, 0.2) is 24.3 Å². The predicted molar refractivity (Wildman–Crippen MR) is 112 cm³/mol. The van der Waals surface area contributed by atoms with E-state index in [2.05, 4.69) is 10.2 Å². The molecule has 1 aliphatic carbocycles. The lowest BCUT2D eigenvalue weighted by Crippen LogP contribution is -2.59. The van der Waals surface area contributed by atoms with Crippen LogP contribution in [0.5, 0.6) is 0 Å². The molecule has 3 amide bonds. The van der Waals surface area contributed by atoms with Crippen LogP contribution in [0.2, 0.25) is 0 Å². The first kappa shape index (κ1) is 21.8. The molecule has 0 spiro atoms. The van der Waals surface area contributed by atoms with Gasteiger partial charge in [-0.1, -0.05) is 19.3 Å². The summed E-state index contributed by atoms with van der Waals surface area (Å²) in [5.41, 5.74) is -0.111. The predicted octanol–water partition coefficient (Wildman–Crippen LogP) is 1.45. The van der Waals surface area contributed by atoms with Gasteiger partial charge in [-0.05, 0) is 44.2 Å². The molecule has 0 bridgehead atoms. The normalized spacial score (nSPS) is 18.9. The summed E-state index contributed by atoms with van der Waals surface area (Å²) in [6, 6.07) is 6.56. The molecule has 1 saturated carbocycles. The zero-order chi connectivity index (χ0) is 21.7. The standard InChI is InChI=1S/C22H29N5O3/c1-25-12-14-27(15-13-25)20(29)18-8-6-17(7-9-18)19(28)24-22(10-4-3-5-11-22)21(30)26(2)16-23/h6-9H,3-5,10-15H2,1-2H3,(H,24,28). The number of likely N-dealkylation sites (N-methyl/N-ethyl adjacent to an activating group) is 2. The number of amides is 3. The van der Waals surface area contributed by atoms with Crippen molar-refractivity contribution >= 4 is 17.7 Å². The number of nitrogens with zero attached hydrogens (tertiary/aromatic N) is 4. The van der Waals surface area contributed by atoms with Crippen molar-refractivity contribution in [1.29, 1.82) is 5.26 Å². The number of hydrogen-bond acceptors (Lipinski definition) is 5. The molecule has 1 aromatic rings. The van der Waals surface area contributed by atoms with E-state index in [0.29, 0.717) is 37.1 Å². The Bertz CT molecular complexity index is 831. The molecule has 8 heteroatoms. The van der Waals surface area contributed by atoms with Gasteiger partial charge >= 0.3 is 0 Å². The van der Waals surface area contributed by atoms with E-state index in [1.54, 1.807) is 24.3 Å². The van der Waals surface area contributed by atoms with Gasteiger partial charge in [0.15, 0.2) is 6.19 Å². The molecule has 0 unspecified atom stereocenters. The molecule has 1 heterocycles. The molecule has 1 saturated heterocycles. The molecule has 1 aromatic carbocycles. The summed E-state index contributed by atoms with van der Waals surface area (Å²) in [6.07, 6.45) is 5.53. The van der Waals surface area contributed by atoms with Crippen molar-refractivity contribution in [2.45, 2.75) is 37.6 Å². The second kappa shape index (κ2) is 9.26. The maximum atomic E-state index is 12.9. The Kier molecular flexibility index (Phi) is 6.73. The summed E-state index contributed by atoms with van der Waals surface area (Å²) in [5.74, 6) is -0.778. The molecular formula is C22H29N5O3. The van der Waals surface area contributed by atoms with Gasteiger partial charge in [0.1, 0.15) is 5.54 Å². The van der Waals surface area contributed by atoms with E-state index < -0.39 is 5.54 Å². The van der Waals surface area contributed by atoms with E-state index in [1.807, 2.05) is 18.1 Å². The highest BCUT2D eigenvalue weighted by molar-refractivity contribution is 6.01. The van der Waals surface area contributed by atoms with Gasteiger partial charge in [-0.3, -0.25) is 19.3 Å². The highest BCUT2D eigenvalue weighted by Crippen LogP contribution is 2.30. The maximum absolute atomic E-state index is 12.9. The van der Waals surface area contributed by atoms with Crippen LogP contribution in [0.3, 0.4) is 0 Å². The van der Waals surface area contributed by atoms with Gasteiger partial charge in [0.05, 0.1) is 0 Å². The van der Waals surface area contributed by atoms with E-state index in [0.717, 1.165) is 37.3 Å². The molecule has 1 N–H and O–H groups in total. The molecule has 0 atom stereocenters. The van der Waals surface area contributed by atoms with Crippen molar-refractivity contribution in [2.24, 2.45) is 0 Å². The summed E-state index contributed by atoms with van der Waals surface area (Å²) in [4.78, 5) is 43.4. The van der Waals surface area contributed by atoms with Gasteiger partial charge in [0.2, 0.25) is 0 Å². The van der Waals surface area contributed by atoms with Crippen LogP contribution in [0, 0.1) is 11.5 Å². The largest absolute Gasteiger partial charge is 0.338 e. The summed E-state index contributed by atoms with van der Waals surface area (Å²) >= 11 is 0. The van der Waals surface area contributed by atoms with Crippen molar-refractivity contribution in [2.75, 3.05) is 40.3 Å². The Hall–Kier alpha value is -2.92. The van der Waals surface area contributed by atoms with Crippen LogP contribution in [-0.4, -0.2) is 78.2 Å². The van der Waals surface area contributed by atoms with Gasteiger partial charge in [-0.2, -0.15) is 5.26 Å². The van der Waals surface area contributed by atoms with E-state index in [-0.39, 0.29) is 17.7 Å². The fraction of sp³-hybridized carbons (Fsp3) is 0.545. The fourth-order valence-electron chi connectivity index (χ4n) is 4.16. The zero-order valence-corrected chi connectivity index (χ0v) is 17.7. The van der Waals surface area contributed by atoms with Crippen molar-refractivity contribution in [1.82, 2.24) is 20.0 Å². The summed E-state index contributed by atoms with van der Waals surface area (Å²) in [5, 5.41) is 12.0. The molecule has 30 heavy (non-hydrogen) atoms.